The van der Waals surface area contributed by atoms with Crippen LogP contribution in [-0.4, -0.2) is 6.54 Å². The zero-order valence-corrected chi connectivity index (χ0v) is 9.58. The highest BCUT2D eigenvalue weighted by atomic mass is 16.3. The van der Waals surface area contributed by atoms with Crippen molar-refractivity contribution in [3.05, 3.63) is 24.2 Å². The summed E-state index contributed by atoms with van der Waals surface area (Å²) in [7, 11) is 0. The summed E-state index contributed by atoms with van der Waals surface area (Å²) in [5.41, 5.74) is -0.333. The molecule has 0 saturated heterocycles. The molecule has 0 saturated carbocycles. The van der Waals surface area contributed by atoms with E-state index in [0.29, 0.717) is 6.54 Å². The fourth-order valence-corrected chi connectivity index (χ4v) is 1.35. The number of nitrogens with zero attached hydrogens (tertiary/aromatic N) is 1. The Morgan fingerprint density at radius 1 is 1.60 bits per heavy atom. The lowest BCUT2D eigenvalue weighted by atomic mass is 9.95. The van der Waals surface area contributed by atoms with Crippen molar-refractivity contribution in [2.24, 2.45) is 5.41 Å². The summed E-state index contributed by atoms with van der Waals surface area (Å²) in [6.07, 6.45) is 2.63. The number of hydrogen-bond donors (Lipinski definition) is 1. The average molecular weight is 206 g/mol. The molecule has 3 nitrogen and oxygen atoms in total. The molecule has 1 aromatic heterocycles. The van der Waals surface area contributed by atoms with Gasteiger partial charge in [-0.25, -0.2) is 0 Å². The Balaban J connectivity index is 2.53. The monoisotopic (exact) mass is 206 g/mol. The molecule has 1 rings (SSSR count). The quantitative estimate of drug-likeness (QED) is 0.805. The van der Waals surface area contributed by atoms with E-state index in [-0.39, 0.29) is 11.5 Å². The molecule has 1 unspecified atom stereocenters. The lowest BCUT2D eigenvalue weighted by Gasteiger charge is -2.20. The Hall–Kier alpha value is -1.27. The summed E-state index contributed by atoms with van der Waals surface area (Å²) in [5.74, 6) is 0.936. The molecule has 0 radical (unpaired) electrons. The van der Waals surface area contributed by atoms with Gasteiger partial charge in [-0.1, -0.05) is 6.92 Å². The summed E-state index contributed by atoms with van der Waals surface area (Å²) >= 11 is 0. The van der Waals surface area contributed by atoms with E-state index in [1.54, 1.807) is 6.26 Å². The highest BCUT2D eigenvalue weighted by Gasteiger charge is 2.19. The highest BCUT2D eigenvalue weighted by Crippen LogP contribution is 2.19. The molecule has 0 aliphatic carbocycles. The standard InChI is InChI=1S/C12H18N2O/c1-4-10(11-6-5-7-15-11)14-9-12(2,3)8-13/h5-7,10,14H,4,9H2,1-3H3. The lowest BCUT2D eigenvalue weighted by molar-refractivity contribution is 0.356. The maximum absolute atomic E-state index is 8.90. The second-order valence-electron chi connectivity index (χ2n) is 4.35. The van der Waals surface area contributed by atoms with Crippen molar-refractivity contribution < 1.29 is 4.42 Å². The van der Waals surface area contributed by atoms with E-state index < -0.39 is 0 Å². The minimum absolute atomic E-state index is 0.202. The Labute approximate surface area is 91.1 Å². The number of nitrogens with one attached hydrogen (secondary N) is 1. The summed E-state index contributed by atoms with van der Waals surface area (Å²) in [5, 5.41) is 12.2. The molecule has 0 bridgehead atoms. The predicted octanol–water partition coefficient (Wildman–Crippen LogP) is 2.87. The van der Waals surface area contributed by atoms with Gasteiger partial charge < -0.3 is 9.73 Å². The summed E-state index contributed by atoms with van der Waals surface area (Å²) in [4.78, 5) is 0. The maximum Gasteiger partial charge on any atom is 0.120 e. The average Bonchev–Trinajstić information content (AvgIpc) is 2.72. The first-order valence-electron chi connectivity index (χ1n) is 5.27. The van der Waals surface area contributed by atoms with Gasteiger partial charge in [0.1, 0.15) is 5.76 Å². The van der Waals surface area contributed by atoms with Gasteiger partial charge >= 0.3 is 0 Å². The van der Waals surface area contributed by atoms with Gasteiger partial charge in [0.25, 0.3) is 0 Å². The van der Waals surface area contributed by atoms with E-state index in [0.717, 1.165) is 12.2 Å². The first-order chi connectivity index (χ1) is 7.09. The van der Waals surface area contributed by atoms with Crippen LogP contribution < -0.4 is 5.32 Å². The van der Waals surface area contributed by atoms with Crippen molar-refractivity contribution in [3.8, 4) is 6.07 Å². The van der Waals surface area contributed by atoms with Gasteiger partial charge in [-0.2, -0.15) is 5.26 Å². The maximum atomic E-state index is 8.90. The van der Waals surface area contributed by atoms with Crippen molar-refractivity contribution in [2.45, 2.75) is 33.2 Å². The molecule has 0 spiro atoms. The molecule has 1 heterocycles. The van der Waals surface area contributed by atoms with Crippen LogP contribution in [0.2, 0.25) is 0 Å². The van der Waals surface area contributed by atoms with Gasteiger partial charge in [-0.05, 0) is 32.4 Å². The fraction of sp³-hybridized carbons (Fsp3) is 0.583. The van der Waals surface area contributed by atoms with E-state index in [9.17, 15) is 0 Å². The number of nitriles is 1. The smallest absolute Gasteiger partial charge is 0.120 e. The Kier molecular flexibility index (Phi) is 3.93. The molecule has 15 heavy (non-hydrogen) atoms. The van der Waals surface area contributed by atoms with Crippen molar-refractivity contribution in [1.29, 1.82) is 5.26 Å². The third-order valence-corrected chi connectivity index (χ3v) is 2.39. The van der Waals surface area contributed by atoms with E-state index >= 15 is 0 Å². The lowest BCUT2D eigenvalue weighted by Crippen LogP contribution is -2.31. The molecule has 82 valence electrons. The van der Waals surface area contributed by atoms with Crippen molar-refractivity contribution in [3.63, 3.8) is 0 Å². The molecule has 1 atom stereocenters. The number of furan rings is 1. The molecule has 1 N–H and O–H groups in total. The second kappa shape index (κ2) is 4.99. The van der Waals surface area contributed by atoms with E-state index in [2.05, 4.69) is 18.3 Å². The van der Waals surface area contributed by atoms with Gasteiger partial charge in [0.15, 0.2) is 0 Å². The van der Waals surface area contributed by atoms with Crippen LogP contribution in [0, 0.1) is 16.7 Å². The summed E-state index contributed by atoms with van der Waals surface area (Å²) in [6, 6.07) is 6.32. The Morgan fingerprint density at radius 2 is 2.33 bits per heavy atom. The topological polar surface area (TPSA) is 49.0 Å². The summed E-state index contributed by atoms with van der Waals surface area (Å²) < 4.78 is 5.34. The molecule has 0 amide bonds. The Bertz CT molecular complexity index is 322. The van der Waals surface area contributed by atoms with Crippen LogP contribution in [0.5, 0.6) is 0 Å². The molecule has 0 aliphatic heterocycles. The number of hydrogen-bond acceptors (Lipinski definition) is 3. The molecule has 0 fully saturated rings. The van der Waals surface area contributed by atoms with Crippen molar-refractivity contribution >= 4 is 0 Å². The molecular formula is C12H18N2O. The SMILES string of the molecule is CCC(NCC(C)(C)C#N)c1ccco1. The first kappa shape index (κ1) is 11.8. The molecule has 1 aromatic rings. The largest absolute Gasteiger partial charge is 0.468 e. The van der Waals surface area contributed by atoms with Gasteiger partial charge in [-0.3, -0.25) is 0 Å². The molecular weight excluding hydrogens is 188 g/mol. The van der Waals surface area contributed by atoms with Crippen molar-refractivity contribution in [2.75, 3.05) is 6.54 Å². The van der Waals surface area contributed by atoms with Crippen LogP contribution in [-0.2, 0) is 0 Å². The van der Waals surface area contributed by atoms with Gasteiger partial charge in [0.2, 0.25) is 0 Å². The first-order valence-corrected chi connectivity index (χ1v) is 5.27. The second-order valence-corrected chi connectivity index (χ2v) is 4.35. The van der Waals surface area contributed by atoms with Gasteiger partial charge in [0, 0.05) is 6.54 Å². The molecule has 0 aliphatic rings. The third kappa shape index (κ3) is 3.41. The zero-order valence-electron chi connectivity index (χ0n) is 9.58. The van der Waals surface area contributed by atoms with Gasteiger partial charge in [-0.15, -0.1) is 0 Å². The minimum Gasteiger partial charge on any atom is -0.468 e. The molecule has 3 heteroatoms. The minimum atomic E-state index is -0.333. The normalized spacial score (nSPS) is 13.5. The summed E-state index contributed by atoms with van der Waals surface area (Å²) in [6.45, 7) is 6.62. The van der Waals surface area contributed by atoms with Gasteiger partial charge in [0.05, 0.1) is 23.8 Å². The molecule has 0 aromatic carbocycles. The van der Waals surface area contributed by atoms with Crippen LogP contribution in [0.15, 0.2) is 22.8 Å². The fourth-order valence-electron chi connectivity index (χ4n) is 1.35. The zero-order chi connectivity index (χ0) is 11.3. The highest BCUT2D eigenvalue weighted by molar-refractivity contribution is 5.05. The third-order valence-electron chi connectivity index (χ3n) is 2.39. The van der Waals surface area contributed by atoms with Crippen molar-refractivity contribution in [1.82, 2.24) is 5.32 Å². The number of rotatable bonds is 5. The van der Waals surface area contributed by atoms with Crippen LogP contribution in [0.4, 0.5) is 0 Å². The predicted molar refractivity (Wildman–Crippen MR) is 59.1 cm³/mol. The van der Waals surface area contributed by atoms with Crippen LogP contribution in [0.25, 0.3) is 0 Å². The van der Waals surface area contributed by atoms with Crippen LogP contribution >= 0.6 is 0 Å². The van der Waals surface area contributed by atoms with E-state index in [1.807, 2.05) is 26.0 Å². The van der Waals surface area contributed by atoms with E-state index in [4.69, 9.17) is 9.68 Å². The van der Waals surface area contributed by atoms with Crippen LogP contribution in [0.1, 0.15) is 39.0 Å². The van der Waals surface area contributed by atoms with E-state index in [1.165, 1.54) is 0 Å². The Morgan fingerprint density at radius 3 is 2.80 bits per heavy atom. The van der Waals surface area contributed by atoms with Crippen LogP contribution in [0.3, 0.4) is 0 Å².